The summed E-state index contributed by atoms with van der Waals surface area (Å²) in [5.74, 6) is 0.802. The second-order valence-corrected chi connectivity index (χ2v) is 5.40. The number of benzene rings is 2. The summed E-state index contributed by atoms with van der Waals surface area (Å²) < 4.78 is 6.13. The molecule has 0 amide bonds. The third kappa shape index (κ3) is 2.32. The fourth-order valence-corrected chi connectivity index (χ4v) is 2.70. The maximum Gasteiger partial charge on any atom is 0.181 e. The second kappa shape index (κ2) is 5.31. The van der Waals surface area contributed by atoms with Crippen molar-refractivity contribution in [1.82, 2.24) is 5.16 Å². The summed E-state index contributed by atoms with van der Waals surface area (Å²) in [6, 6.07) is 14.2. The Morgan fingerprint density at radius 1 is 1.05 bits per heavy atom. The first-order valence-corrected chi connectivity index (χ1v) is 7.03. The van der Waals surface area contributed by atoms with Gasteiger partial charge in [0.1, 0.15) is 11.4 Å². The Labute approximate surface area is 128 Å². The smallest absolute Gasteiger partial charge is 0.181 e. The zero-order valence-corrected chi connectivity index (χ0v) is 12.5. The first-order valence-electron chi connectivity index (χ1n) is 5.86. The average molecular weight is 351 g/mol. The van der Waals surface area contributed by atoms with Crippen molar-refractivity contribution in [3.05, 3.63) is 58.0 Å². The summed E-state index contributed by atoms with van der Waals surface area (Å²) >= 11 is 9.67. The van der Waals surface area contributed by atoms with Crippen LogP contribution in [-0.2, 0) is 0 Å². The van der Waals surface area contributed by atoms with Gasteiger partial charge in [0.15, 0.2) is 5.76 Å². The molecule has 3 nitrogen and oxygen atoms in total. The summed E-state index contributed by atoms with van der Waals surface area (Å²) in [5.41, 5.74) is 2.27. The van der Waals surface area contributed by atoms with Crippen LogP contribution in [0.25, 0.3) is 22.6 Å². The molecule has 0 radical (unpaired) electrons. The third-order valence-corrected chi connectivity index (χ3v) is 3.96. The van der Waals surface area contributed by atoms with Gasteiger partial charge in [-0.2, -0.15) is 0 Å². The van der Waals surface area contributed by atoms with Gasteiger partial charge in [-0.05, 0) is 46.3 Å². The Hall–Kier alpha value is -1.78. The van der Waals surface area contributed by atoms with Crippen LogP contribution in [0.3, 0.4) is 0 Å². The monoisotopic (exact) mass is 349 g/mol. The molecule has 1 aromatic heterocycles. The molecule has 0 unspecified atom stereocenters. The number of rotatable bonds is 2. The second-order valence-electron chi connectivity index (χ2n) is 4.20. The van der Waals surface area contributed by atoms with Gasteiger partial charge >= 0.3 is 0 Å². The van der Waals surface area contributed by atoms with Crippen molar-refractivity contribution in [3.8, 4) is 28.3 Å². The fraction of sp³-hybridized carbons (Fsp3) is 0. The van der Waals surface area contributed by atoms with Crippen LogP contribution in [0.2, 0.25) is 5.02 Å². The van der Waals surface area contributed by atoms with E-state index in [2.05, 4.69) is 21.1 Å². The van der Waals surface area contributed by atoms with Crippen LogP contribution < -0.4 is 0 Å². The van der Waals surface area contributed by atoms with Crippen molar-refractivity contribution in [1.29, 1.82) is 0 Å². The lowest BCUT2D eigenvalue weighted by molar-refractivity contribution is 0.434. The largest absolute Gasteiger partial charge is 0.508 e. The minimum Gasteiger partial charge on any atom is -0.508 e. The maximum atomic E-state index is 9.32. The molecule has 0 aliphatic heterocycles. The van der Waals surface area contributed by atoms with Gasteiger partial charge in [0.05, 0.1) is 9.50 Å². The van der Waals surface area contributed by atoms with Gasteiger partial charge in [-0.3, -0.25) is 0 Å². The fourth-order valence-electron chi connectivity index (χ4n) is 1.89. The number of hydrogen-bond acceptors (Lipinski definition) is 3. The summed E-state index contributed by atoms with van der Waals surface area (Å²) in [6.07, 6.45) is 0. The van der Waals surface area contributed by atoms with Crippen LogP contribution in [0.4, 0.5) is 0 Å². The van der Waals surface area contributed by atoms with E-state index in [4.69, 9.17) is 16.1 Å². The zero-order valence-electron chi connectivity index (χ0n) is 10.2. The molecule has 1 N–H and O–H groups in total. The van der Waals surface area contributed by atoms with E-state index < -0.39 is 0 Å². The van der Waals surface area contributed by atoms with Gasteiger partial charge < -0.3 is 9.63 Å². The van der Waals surface area contributed by atoms with E-state index in [0.717, 1.165) is 15.6 Å². The molecule has 0 fully saturated rings. The normalized spacial score (nSPS) is 10.7. The molecule has 0 atom stereocenters. The number of phenolic OH excluding ortho intramolecular Hbond substituents is 1. The SMILES string of the molecule is Oc1ccc(-c2onc(-c3ccccc3Cl)c2Br)cc1. The first kappa shape index (κ1) is 13.2. The molecule has 0 saturated heterocycles. The van der Waals surface area contributed by atoms with E-state index in [9.17, 15) is 5.11 Å². The van der Waals surface area contributed by atoms with Gasteiger partial charge in [0.25, 0.3) is 0 Å². The maximum absolute atomic E-state index is 9.32. The van der Waals surface area contributed by atoms with Gasteiger partial charge in [0.2, 0.25) is 0 Å². The van der Waals surface area contributed by atoms with Crippen molar-refractivity contribution in [3.63, 3.8) is 0 Å². The van der Waals surface area contributed by atoms with Gasteiger partial charge in [-0.15, -0.1) is 0 Å². The predicted octanol–water partition coefficient (Wildman–Crippen LogP) is 5.13. The molecule has 1 heterocycles. The summed E-state index contributed by atoms with van der Waals surface area (Å²) in [5, 5.41) is 14.0. The molecule has 0 saturated carbocycles. The third-order valence-electron chi connectivity index (χ3n) is 2.89. The van der Waals surface area contributed by atoms with E-state index >= 15 is 0 Å². The standard InChI is InChI=1S/C15H9BrClNO2/c16-13-14(11-3-1-2-4-12(11)17)18-20-15(13)9-5-7-10(19)8-6-9/h1-8,19H. The van der Waals surface area contributed by atoms with Gasteiger partial charge in [-0.1, -0.05) is 35.0 Å². The lowest BCUT2D eigenvalue weighted by Gasteiger charge is -2.00. The van der Waals surface area contributed by atoms with Crippen LogP contribution in [0.5, 0.6) is 5.75 Å². The molecular formula is C15H9BrClNO2. The number of aromatic hydroxyl groups is 1. The number of nitrogens with zero attached hydrogens (tertiary/aromatic N) is 1. The van der Waals surface area contributed by atoms with E-state index in [-0.39, 0.29) is 5.75 Å². The highest BCUT2D eigenvalue weighted by molar-refractivity contribution is 9.10. The molecule has 20 heavy (non-hydrogen) atoms. The Kier molecular flexibility index (Phi) is 3.51. The van der Waals surface area contributed by atoms with Crippen LogP contribution in [0, 0.1) is 0 Å². The van der Waals surface area contributed by atoms with Crippen molar-refractivity contribution < 1.29 is 9.63 Å². The van der Waals surface area contributed by atoms with Crippen LogP contribution >= 0.6 is 27.5 Å². The lowest BCUT2D eigenvalue weighted by atomic mass is 10.1. The van der Waals surface area contributed by atoms with E-state index in [0.29, 0.717) is 16.5 Å². The molecule has 0 aliphatic carbocycles. The molecule has 3 aromatic rings. The number of hydrogen-bond donors (Lipinski definition) is 1. The quantitative estimate of drug-likeness (QED) is 0.697. The van der Waals surface area contributed by atoms with Crippen molar-refractivity contribution in [2.24, 2.45) is 0 Å². The van der Waals surface area contributed by atoms with E-state index in [1.165, 1.54) is 0 Å². The molecular weight excluding hydrogens is 342 g/mol. The van der Waals surface area contributed by atoms with Crippen LogP contribution in [-0.4, -0.2) is 10.3 Å². The van der Waals surface area contributed by atoms with Crippen LogP contribution in [0.1, 0.15) is 0 Å². The first-order chi connectivity index (χ1) is 9.66. The highest BCUT2D eigenvalue weighted by Crippen LogP contribution is 2.39. The predicted molar refractivity (Wildman–Crippen MR) is 81.7 cm³/mol. The van der Waals surface area contributed by atoms with Crippen LogP contribution in [0.15, 0.2) is 57.5 Å². The van der Waals surface area contributed by atoms with Crippen molar-refractivity contribution in [2.45, 2.75) is 0 Å². The zero-order chi connectivity index (χ0) is 14.1. The summed E-state index contributed by atoms with van der Waals surface area (Å²) in [6.45, 7) is 0. The number of phenols is 1. The summed E-state index contributed by atoms with van der Waals surface area (Å²) in [4.78, 5) is 0. The molecule has 0 aliphatic rings. The highest BCUT2D eigenvalue weighted by atomic mass is 79.9. The topological polar surface area (TPSA) is 46.3 Å². The van der Waals surface area contributed by atoms with Gasteiger partial charge in [-0.25, -0.2) is 0 Å². The molecule has 100 valence electrons. The highest BCUT2D eigenvalue weighted by Gasteiger charge is 2.18. The van der Waals surface area contributed by atoms with Gasteiger partial charge in [0, 0.05) is 11.1 Å². The molecule has 3 rings (SSSR count). The minimum atomic E-state index is 0.204. The Bertz CT molecular complexity index is 753. The van der Waals surface area contributed by atoms with E-state index in [1.54, 1.807) is 30.3 Å². The number of aromatic nitrogens is 1. The molecule has 0 bridgehead atoms. The molecule has 2 aromatic carbocycles. The Morgan fingerprint density at radius 2 is 1.75 bits per heavy atom. The number of halogens is 2. The van der Waals surface area contributed by atoms with Crippen molar-refractivity contribution in [2.75, 3.05) is 0 Å². The van der Waals surface area contributed by atoms with Crippen molar-refractivity contribution >= 4 is 27.5 Å². The summed E-state index contributed by atoms with van der Waals surface area (Å²) in [7, 11) is 0. The molecule has 0 spiro atoms. The lowest BCUT2D eigenvalue weighted by Crippen LogP contribution is -1.80. The molecule has 5 heteroatoms. The minimum absolute atomic E-state index is 0.204. The Morgan fingerprint density at radius 3 is 2.45 bits per heavy atom. The average Bonchev–Trinajstić information content (AvgIpc) is 2.82. The Balaban J connectivity index is 2.09. The van der Waals surface area contributed by atoms with E-state index in [1.807, 2.05) is 18.2 Å².